The second-order valence-electron chi connectivity index (χ2n) is 6.31. The molecule has 0 saturated heterocycles. The van der Waals surface area contributed by atoms with E-state index in [-0.39, 0.29) is 24.6 Å². The largest absolute Gasteiger partial charge is 0.491 e. The first-order valence-electron chi connectivity index (χ1n) is 8.76. The van der Waals surface area contributed by atoms with Crippen LogP contribution in [0.5, 0.6) is 5.75 Å². The van der Waals surface area contributed by atoms with E-state index in [0.29, 0.717) is 22.0 Å². The number of rotatable bonds is 5. The summed E-state index contributed by atoms with van der Waals surface area (Å²) in [4.78, 5) is 41.9. The molecule has 0 spiro atoms. The van der Waals surface area contributed by atoms with Crippen LogP contribution in [0.25, 0.3) is 10.9 Å². The molecule has 3 aromatic rings. The van der Waals surface area contributed by atoms with Crippen LogP contribution in [0.15, 0.2) is 48.5 Å². The number of carbonyl (C=O) groups excluding carboxylic acids is 3. The molecule has 1 aromatic heterocycles. The van der Waals surface area contributed by atoms with Crippen molar-refractivity contribution in [3.8, 4) is 5.75 Å². The van der Waals surface area contributed by atoms with Crippen molar-refractivity contribution < 1.29 is 28.2 Å². The van der Waals surface area contributed by atoms with E-state index >= 15 is 0 Å². The van der Waals surface area contributed by atoms with Gasteiger partial charge in [-0.1, -0.05) is 12.1 Å². The molecule has 2 aromatic carbocycles. The van der Waals surface area contributed by atoms with E-state index in [1.165, 1.54) is 31.4 Å². The first-order chi connectivity index (χ1) is 14.0. The third-order valence-electron chi connectivity index (χ3n) is 4.58. The zero-order valence-corrected chi connectivity index (χ0v) is 15.3. The van der Waals surface area contributed by atoms with E-state index in [0.717, 1.165) is 4.90 Å². The maximum atomic E-state index is 13.7. The minimum atomic E-state index is -0.665. The fourth-order valence-electron chi connectivity index (χ4n) is 3.18. The fourth-order valence-corrected chi connectivity index (χ4v) is 3.18. The number of ether oxygens (including phenoxy) is 2. The lowest BCUT2D eigenvalue weighted by atomic mass is 10.1. The number of benzene rings is 2. The number of hydrogen-bond acceptors (Lipinski definition) is 6. The number of carbonyl (C=O) groups is 3. The monoisotopic (exact) mass is 394 g/mol. The average molecular weight is 394 g/mol. The molecule has 7 nitrogen and oxygen atoms in total. The van der Waals surface area contributed by atoms with Crippen LogP contribution in [0.3, 0.4) is 0 Å². The van der Waals surface area contributed by atoms with Crippen LogP contribution in [0.4, 0.5) is 4.39 Å². The summed E-state index contributed by atoms with van der Waals surface area (Å²) in [6.07, 6.45) is 0. The van der Waals surface area contributed by atoms with Gasteiger partial charge in [-0.25, -0.2) is 14.2 Å². The van der Waals surface area contributed by atoms with E-state index in [4.69, 9.17) is 4.74 Å². The average Bonchev–Trinajstić information content (AvgIpc) is 2.98. The van der Waals surface area contributed by atoms with Gasteiger partial charge in [0.05, 0.1) is 30.3 Å². The highest BCUT2D eigenvalue weighted by molar-refractivity contribution is 6.21. The van der Waals surface area contributed by atoms with Crippen molar-refractivity contribution in [2.75, 3.05) is 20.3 Å². The molecule has 4 rings (SSSR count). The Kier molecular flexibility index (Phi) is 4.67. The molecule has 0 unspecified atom stereocenters. The highest BCUT2D eigenvalue weighted by Gasteiger charge is 2.34. The summed E-state index contributed by atoms with van der Waals surface area (Å²) >= 11 is 0. The van der Waals surface area contributed by atoms with Gasteiger partial charge in [-0.05, 0) is 30.3 Å². The zero-order chi connectivity index (χ0) is 20.5. The van der Waals surface area contributed by atoms with E-state index in [1.54, 1.807) is 24.3 Å². The quantitative estimate of drug-likeness (QED) is 0.489. The van der Waals surface area contributed by atoms with Gasteiger partial charge in [0.15, 0.2) is 5.69 Å². The zero-order valence-electron chi connectivity index (χ0n) is 15.3. The van der Waals surface area contributed by atoms with Crippen LogP contribution in [0.1, 0.15) is 31.2 Å². The summed E-state index contributed by atoms with van der Waals surface area (Å²) in [5.41, 5.74) is 1.05. The second-order valence-corrected chi connectivity index (χ2v) is 6.31. The predicted molar refractivity (Wildman–Crippen MR) is 100 cm³/mol. The molecule has 29 heavy (non-hydrogen) atoms. The molecule has 0 aliphatic carbocycles. The minimum Gasteiger partial charge on any atom is -0.491 e. The van der Waals surface area contributed by atoms with Gasteiger partial charge >= 0.3 is 5.97 Å². The number of hydrogen-bond donors (Lipinski definition) is 0. The summed E-state index contributed by atoms with van der Waals surface area (Å²) in [5, 5.41) is 0.361. The summed E-state index contributed by atoms with van der Waals surface area (Å²) in [7, 11) is 1.22. The standard InChI is InChI=1S/C21H15FN2O5/c1-28-21(27)17-11-18(15-10-12(22)6-7-16(15)23-17)29-9-8-24-19(25)13-4-2-3-5-14(13)20(24)26/h2-7,10-11H,8-9H2,1H3. The number of fused-ring (bicyclic) bond motifs is 2. The Morgan fingerprint density at radius 2 is 1.76 bits per heavy atom. The molecule has 1 aliphatic heterocycles. The minimum absolute atomic E-state index is 0.000956. The third-order valence-corrected chi connectivity index (χ3v) is 4.58. The molecule has 0 bridgehead atoms. The Balaban J connectivity index is 1.57. The van der Waals surface area contributed by atoms with Crippen molar-refractivity contribution in [1.82, 2.24) is 9.88 Å². The smallest absolute Gasteiger partial charge is 0.356 e. The molecule has 2 amide bonds. The Labute approximate surface area is 164 Å². The van der Waals surface area contributed by atoms with Crippen LogP contribution in [-0.2, 0) is 4.74 Å². The first-order valence-corrected chi connectivity index (χ1v) is 8.76. The summed E-state index contributed by atoms with van der Waals surface area (Å²) in [6, 6.07) is 11.8. The molecule has 2 heterocycles. The van der Waals surface area contributed by atoms with Gasteiger partial charge in [0.2, 0.25) is 0 Å². The fraction of sp³-hybridized carbons (Fsp3) is 0.143. The SMILES string of the molecule is COC(=O)c1cc(OCCN2C(=O)c3ccccc3C2=O)c2cc(F)ccc2n1. The molecule has 0 radical (unpaired) electrons. The van der Waals surface area contributed by atoms with Gasteiger partial charge in [0, 0.05) is 11.5 Å². The van der Waals surface area contributed by atoms with E-state index < -0.39 is 23.6 Å². The number of aromatic nitrogens is 1. The van der Waals surface area contributed by atoms with E-state index in [1.807, 2.05) is 0 Å². The van der Waals surface area contributed by atoms with E-state index in [2.05, 4.69) is 9.72 Å². The Hall–Kier alpha value is -3.81. The molecule has 0 saturated carbocycles. The van der Waals surface area contributed by atoms with Gasteiger partial charge < -0.3 is 9.47 Å². The first kappa shape index (κ1) is 18.5. The summed E-state index contributed by atoms with van der Waals surface area (Å²) < 4.78 is 24.1. The van der Waals surface area contributed by atoms with Gasteiger partial charge in [0.25, 0.3) is 11.8 Å². The van der Waals surface area contributed by atoms with Crippen molar-refractivity contribution in [2.45, 2.75) is 0 Å². The lowest BCUT2D eigenvalue weighted by molar-refractivity contribution is 0.0592. The number of nitrogens with zero attached hydrogens (tertiary/aromatic N) is 2. The number of halogens is 1. The maximum Gasteiger partial charge on any atom is 0.356 e. The normalized spacial score (nSPS) is 13.0. The van der Waals surface area contributed by atoms with Crippen LogP contribution in [0, 0.1) is 5.82 Å². The Morgan fingerprint density at radius 1 is 1.07 bits per heavy atom. The van der Waals surface area contributed by atoms with Crippen LogP contribution in [-0.4, -0.2) is 47.9 Å². The third kappa shape index (κ3) is 3.29. The number of amides is 2. The summed E-state index contributed by atoms with van der Waals surface area (Å²) in [6.45, 7) is -0.0409. The number of pyridine rings is 1. The van der Waals surface area contributed by atoms with Gasteiger partial charge in [0.1, 0.15) is 18.2 Å². The molecular weight excluding hydrogens is 379 g/mol. The summed E-state index contributed by atoms with van der Waals surface area (Å²) in [5.74, 6) is -1.74. The molecule has 0 atom stereocenters. The van der Waals surface area contributed by atoms with Crippen molar-refractivity contribution in [1.29, 1.82) is 0 Å². The predicted octanol–water partition coefficient (Wildman–Crippen LogP) is 2.84. The molecule has 8 heteroatoms. The highest BCUT2D eigenvalue weighted by atomic mass is 19.1. The lowest BCUT2D eigenvalue weighted by Crippen LogP contribution is -2.33. The Bertz CT molecular complexity index is 1130. The van der Waals surface area contributed by atoms with Crippen molar-refractivity contribution >= 4 is 28.7 Å². The topological polar surface area (TPSA) is 85.8 Å². The molecule has 146 valence electrons. The van der Waals surface area contributed by atoms with Crippen LogP contribution in [0.2, 0.25) is 0 Å². The molecule has 0 N–H and O–H groups in total. The Morgan fingerprint density at radius 3 is 2.41 bits per heavy atom. The molecule has 1 aliphatic rings. The lowest BCUT2D eigenvalue weighted by Gasteiger charge is -2.15. The second kappa shape index (κ2) is 7.31. The van der Waals surface area contributed by atoms with Gasteiger partial charge in [-0.2, -0.15) is 0 Å². The van der Waals surface area contributed by atoms with E-state index in [9.17, 15) is 18.8 Å². The molecular formula is C21H15FN2O5. The van der Waals surface area contributed by atoms with Gasteiger partial charge in [-0.3, -0.25) is 14.5 Å². The van der Waals surface area contributed by atoms with Crippen LogP contribution < -0.4 is 4.74 Å². The van der Waals surface area contributed by atoms with Crippen molar-refractivity contribution in [2.24, 2.45) is 0 Å². The maximum absolute atomic E-state index is 13.7. The van der Waals surface area contributed by atoms with Crippen molar-refractivity contribution in [3.05, 3.63) is 71.2 Å². The van der Waals surface area contributed by atoms with Gasteiger partial charge in [-0.15, -0.1) is 0 Å². The molecule has 0 fully saturated rings. The number of methoxy groups -OCH3 is 1. The van der Waals surface area contributed by atoms with Crippen molar-refractivity contribution in [3.63, 3.8) is 0 Å². The highest BCUT2D eigenvalue weighted by Crippen LogP contribution is 2.27. The number of imide groups is 1. The van der Waals surface area contributed by atoms with Crippen LogP contribution >= 0.6 is 0 Å². The number of esters is 1.